The third-order valence-electron chi connectivity index (χ3n) is 3.22. The molecule has 0 aliphatic rings. The van der Waals surface area contributed by atoms with Crippen molar-refractivity contribution >= 4 is 9.90 Å². The first-order valence-electron chi connectivity index (χ1n) is 7.97. The van der Waals surface area contributed by atoms with Gasteiger partial charge < -0.3 is 29.5 Å². The molecule has 152 valence electrons. The summed E-state index contributed by atoms with van der Waals surface area (Å²) in [7, 11) is 4.77. The van der Waals surface area contributed by atoms with E-state index in [9.17, 15) is 0 Å². The van der Waals surface area contributed by atoms with Crippen LogP contribution in [0.3, 0.4) is 0 Å². The van der Waals surface area contributed by atoms with Crippen molar-refractivity contribution in [1.82, 2.24) is 0 Å². The predicted octanol–water partition coefficient (Wildman–Crippen LogP) is 4.26. The average Bonchev–Trinajstić information content (AvgIpc) is 2.71. The van der Waals surface area contributed by atoms with Gasteiger partial charge in [-0.3, -0.25) is 0 Å². The van der Waals surface area contributed by atoms with Gasteiger partial charge in [-0.25, -0.2) is 0 Å². The Bertz CT molecular complexity index is 650. The van der Waals surface area contributed by atoms with Gasteiger partial charge in [-0.05, 0) is 72.8 Å². The van der Waals surface area contributed by atoms with Crippen molar-refractivity contribution in [2.24, 2.45) is 0 Å². The number of phenolic OH excluding ortho intramolecular Hbond substituents is 3. The average molecular weight is 406 g/mol. The van der Waals surface area contributed by atoms with Gasteiger partial charge in [0, 0.05) is 0 Å². The van der Waals surface area contributed by atoms with Crippen molar-refractivity contribution in [2.45, 2.75) is 0 Å². The SMILES string of the molecule is COc1ccc(O)cc1.COc1ccc(O)cc1.COc1ccc(O)cc1.P. The summed E-state index contributed by atoms with van der Waals surface area (Å²) in [6, 6.07) is 19.7. The van der Waals surface area contributed by atoms with E-state index in [1.165, 1.54) is 0 Å². The summed E-state index contributed by atoms with van der Waals surface area (Å²) >= 11 is 0. The summed E-state index contributed by atoms with van der Waals surface area (Å²) in [5, 5.41) is 26.4. The van der Waals surface area contributed by atoms with E-state index >= 15 is 0 Å². The molecular weight excluding hydrogens is 379 g/mol. The molecule has 0 heterocycles. The quantitative estimate of drug-likeness (QED) is 0.564. The van der Waals surface area contributed by atoms with E-state index in [-0.39, 0.29) is 27.1 Å². The number of hydrogen-bond acceptors (Lipinski definition) is 6. The molecule has 3 rings (SSSR count). The topological polar surface area (TPSA) is 88.4 Å². The number of rotatable bonds is 3. The molecule has 1 unspecified atom stereocenters. The summed E-state index contributed by atoms with van der Waals surface area (Å²) in [4.78, 5) is 0. The summed E-state index contributed by atoms with van der Waals surface area (Å²) in [6.45, 7) is 0. The van der Waals surface area contributed by atoms with E-state index in [0.29, 0.717) is 0 Å². The van der Waals surface area contributed by atoms with E-state index in [1.807, 2.05) is 0 Å². The summed E-state index contributed by atoms with van der Waals surface area (Å²) < 4.78 is 14.6. The Morgan fingerprint density at radius 1 is 0.429 bits per heavy atom. The van der Waals surface area contributed by atoms with Crippen molar-refractivity contribution in [3.05, 3.63) is 72.8 Å². The zero-order valence-corrected chi connectivity index (χ0v) is 17.6. The maximum absolute atomic E-state index is 8.80. The lowest BCUT2D eigenvalue weighted by Crippen LogP contribution is -1.79. The van der Waals surface area contributed by atoms with Crippen LogP contribution >= 0.6 is 9.90 Å². The summed E-state index contributed by atoms with van der Waals surface area (Å²) in [6.07, 6.45) is 0. The van der Waals surface area contributed by atoms with Crippen LogP contribution in [0.5, 0.6) is 34.5 Å². The van der Waals surface area contributed by atoms with Gasteiger partial charge in [-0.2, -0.15) is 9.90 Å². The minimum Gasteiger partial charge on any atom is -0.508 e. The Morgan fingerprint density at radius 3 is 0.750 bits per heavy atom. The first-order chi connectivity index (χ1) is 13.0. The molecule has 28 heavy (non-hydrogen) atoms. The van der Waals surface area contributed by atoms with Crippen LogP contribution in [-0.2, 0) is 0 Å². The molecule has 3 aromatic rings. The van der Waals surface area contributed by atoms with Crippen LogP contribution in [0.4, 0.5) is 0 Å². The number of aromatic hydroxyl groups is 3. The second kappa shape index (κ2) is 14.0. The highest BCUT2D eigenvalue weighted by Crippen LogP contribution is 2.16. The van der Waals surface area contributed by atoms with E-state index in [4.69, 9.17) is 29.5 Å². The molecule has 0 saturated carbocycles. The normalized spacial score (nSPS) is 8.68. The molecule has 7 heteroatoms. The van der Waals surface area contributed by atoms with E-state index in [1.54, 1.807) is 94.1 Å². The molecule has 0 aromatic heterocycles. The standard InChI is InChI=1S/3C7H8O2.H3P/c3*1-9-7-4-2-6(8)3-5-7;/h3*2-5,8H,1H3;1H3. The minimum atomic E-state index is 0. The minimum absolute atomic E-state index is 0. The second-order valence-electron chi connectivity index (χ2n) is 5.09. The number of benzene rings is 3. The Hall–Kier alpha value is -3.11. The van der Waals surface area contributed by atoms with Crippen molar-refractivity contribution in [1.29, 1.82) is 0 Å². The van der Waals surface area contributed by atoms with Crippen LogP contribution in [0.1, 0.15) is 0 Å². The number of methoxy groups -OCH3 is 3. The molecule has 0 amide bonds. The summed E-state index contributed by atoms with van der Waals surface area (Å²) in [5.41, 5.74) is 0. The van der Waals surface area contributed by atoms with Gasteiger partial charge in [-0.1, -0.05) is 0 Å². The third kappa shape index (κ3) is 10.1. The summed E-state index contributed by atoms with van der Waals surface area (Å²) in [5.74, 6) is 3.05. The highest BCUT2D eigenvalue weighted by atomic mass is 31.0. The van der Waals surface area contributed by atoms with Crippen LogP contribution in [0.2, 0.25) is 0 Å². The van der Waals surface area contributed by atoms with E-state index < -0.39 is 0 Å². The predicted molar refractivity (Wildman–Crippen MR) is 115 cm³/mol. The molecule has 6 nitrogen and oxygen atoms in total. The molecule has 3 aromatic carbocycles. The smallest absolute Gasteiger partial charge is 0.119 e. The van der Waals surface area contributed by atoms with E-state index in [0.717, 1.165) is 17.2 Å². The molecule has 0 fully saturated rings. The lowest BCUT2D eigenvalue weighted by molar-refractivity contribution is 0.412. The van der Waals surface area contributed by atoms with Crippen LogP contribution in [0, 0.1) is 0 Å². The molecular formula is C21H27O6P. The highest BCUT2D eigenvalue weighted by molar-refractivity contribution is 6.92. The molecule has 0 spiro atoms. The molecule has 0 aliphatic carbocycles. The lowest BCUT2D eigenvalue weighted by Gasteiger charge is -1.96. The maximum Gasteiger partial charge on any atom is 0.119 e. The number of ether oxygens (including phenoxy) is 3. The van der Waals surface area contributed by atoms with Crippen LogP contribution in [0.25, 0.3) is 0 Å². The maximum atomic E-state index is 8.80. The van der Waals surface area contributed by atoms with Gasteiger partial charge in [0.2, 0.25) is 0 Å². The fourth-order valence-corrected chi connectivity index (χ4v) is 1.75. The molecule has 0 bridgehead atoms. The molecule has 1 atom stereocenters. The molecule has 0 saturated heterocycles. The van der Waals surface area contributed by atoms with E-state index in [2.05, 4.69) is 0 Å². The number of hydrogen-bond donors (Lipinski definition) is 3. The van der Waals surface area contributed by atoms with Crippen LogP contribution < -0.4 is 14.2 Å². The Morgan fingerprint density at radius 2 is 0.607 bits per heavy atom. The first kappa shape index (κ1) is 24.9. The van der Waals surface area contributed by atoms with Gasteiger partial charge in [0.25, 0.3) is 0 Å². The zero-order chi connectivity index (χ0) is 20.1. The fraction of sp³-hybridized carbons (Fsp3) is 0.143. The first-order valence-corrected chi connectivity index (χ1v) is 7.97. The Labute approximate surface area is 168 Å². The Kier molecular flexibility index (Phi) is 12.5. The van der Waals surface area contributed by atoms with Crippen LogP contribution in [0.15, 0.2) is 72.8 Å². The highest BCUT2D eigenvalue weighted by Gasteiger charge is 1.89. The molecule has 0 aliphatic heterocycles. The zero-order valence-electron chi connectivity index (χ0n) is 16.2. The lowest BCUT2D eigenvalue weighted by atomic mass is 10.3. The third-order valence-corrected chi connectivity index (χ3v) is 3.22. The fourth-order valence-electron chi connectivity index (χ4n) is 1.75. The second-order valence-corrected chi connectivity index (χ2v) is 5.09. The van der Waals surface area contributed by atoms with Crippen molar-refractivity contribution in [3.63, 3.8) is 0 Å². The largest absolute Gasteiger partial charge is 0.508 e. The van der Waals surface area contributed by atoms with Crippen molar-refractivity contribution in [2.75, 3.05) is 21.3 Å². The van der Waals surface area contributed by atoms with Crippen molar-refractivity contribution in [3.8, 4) is 34.5 Å². The Balaban J connectivity index is 0.000000384. The molecule has 3 N–H and O–H groups in total. The molecule has 0 radical (unpaired) electrons. The van der Waals surface area contributed by atoms with Gasteiger partial charge >= 0.3 is 0 Å². The van der Waals surface area contributed by atoms with Crippen LogP contribution in [-0.4, -0.2) is 36.6 Å². The van der Waals surface area contributed by atoms with Gasteiger partial charge in [0.1, 0.15) is 34.5 Å². The van der Waals surface area contributed by atoms with Crippen molar-refractivity contribution < 1.29 is 29.5 Å². The monoisotopic (exact) mass is 406 g/mol. The number of phenols is 3. The van der Waals surface area contributed by atoms with Gasteiger partial charge in [0.15, 0.2) is 0 Å². The van der Waals surface area contributed by atoms with Gasteiger partial charge in [0.05, 0.1) is 21.3 Å². The van der Waals surface area contributed by atoms with Gasteiger partial charge in [-0.15, -0.1) is 0 Å².